The van der Waals surface area contributed by atoms with Crippen molar-refractivity contribution >= 4 is 40.2 Å². The molecule has 0 radical (unpaired) electrons. The van der Waals surface area contributed by atoms with Crippen LogP contribution >= 0.6 is 11.6 Å². The van der Waals surface area contributed by atoms with Gasteiger partial charge in [0.05, 0.1) is 21.7 Å². The quantitative estimate of drug-likeness (QED) is 0.422. The number of hydrogen-bond donors (Lipinski definition) is 4. The van der Waals surface area contributed by atoms with E-state index in [1.54, 1.807) is 12.1 Å². The molecule has 1 aromatic carbocycles. The first-order valence-corrected chi connectivity index (χ1v) is 7.61. The fourth-order valence-corrected chi connectivity index (χ4v) is 2.84. The normalized spacial score (nSPS) is 11.0. The number of hydrogen-bond acceptors (Lipinski definition) is 5. The zero-order valence-electron chi connectivity index (χ0n) is 13.2. The standard InChI is InChI=1S/C17H16ClN5O/c1-7-5-12-16(22-8(7)2)13(15(21)17(24)23-12)9-3-4-11(18)14(20)10(9)6-19/h3-6,19H,20-21H2,1-2H3,(H,23,24). The molecule has 2 aromatic heterocycles. The van der Waals surface area contributed by atoms with Crippen molar-refractivity contribution in [1.29, 1.82) is 5.41 Å². The van der Waals surface area contributed by atoms with Crippen LogP contribution in [0.4, 0.5) is 11.4 Å². The van der Waals surface area contributed by atoms with Gasteiger partial charge < -0.3 is 21.9 Å². The van der Waals surface area contributed by atoms with E-state index < -0.39 is 5.56 Å². The fraction of sp³-hybridized carbons (Fsp3) is 0.118. The minimum Gasteiger partial charge on any atom is -0.397 e. The molecule has 6 N–H and O–H groups in total. The van der Waals surface area contributed by atoms with Gasteiger partial charge in [-0.1, -0.05) is 17.7 Å². The Bertz CT molecular complexity index is 1060. The zero-order valence-corrected chi connectivity index (χ0v) is 14.0. The maximum absolute atomic E-state index is 12.3. The van der Waals surface area contributed by atoms with Crippen LogP contribution in [0.2, 0.25) is 5.02 Å². The van der Waals surface area contributed by atoms with E-state index in [9.17, 15) is 4.79 Å². The Kier molecular flexibility index (Phi) is 3.77. The molecule has 3 aromatic rings. The number of nitrogen functional groups attached to an aromatic ring is 2. The van der Waals surface area contributed by atoms with E-state index in [0.717, 1.165) is 17.5 Å². The minimum absolute atomic E-state index is 0.0306. The van der Waals surface area contributed by atoms with Crippen molar-refractivity contribution in [3.05, 3.63) is 50.4 Å². The molecule has 0 aliphatic rings. The fourth-order valence-electron chi connectivity index (χ4n) is 2.68. The average molecular weight is 342 g/mol. The lowest BCUT2D eigenvalue weighted by molar-refractivity contribution is 1.17. The maximum Gasteiger partial charge on any atom is 0.272 e. The number of pyridine rings is 2. The van der Waals surface area contributed by atoms with Crippen LogP contribution in [0.5, 0.6) is 0 Å². The molecule has 0 fully saturated rings. The Balaban J connectivity index is 2.53. The van der Waals surface area contributed by atoms with Crippen LogP contribution in [0.1, 0.15) is 16.8 Å². The molecule has 0 unspecified atom stereocenters. The summed E-state index contributed by atoms with van der Waals surface area (Å²) >= 11 is 6.04. The van der Waals surface area contributed by atoms with Crippen molar-refractivity contribution in [1.82, 2.24) is 9.97 Å². The van der Waals surface area contributed by atoms with Crippen LogP contribution in [-0.2, 0) is 0 Å². The molecule has 0 saturated carbocycles. The van der Waals surface area contributed by atoms with Crippen LogP contribution in [0.15, 0.2) is 23.0 Å². The molecule has 7 heteroatoms. The van der Waals surface area contributed by atoms with Crippen LogP contribution < -0.4 is 17.0 Å². The number of rotatable bonds is 2. The molecule has 0 amide bonds. The molecule has 24 heavy (non-hydrogen) atoms. The zero-order chi connectivity index (χ0) is 17.6. The van der Waals surface area contributed by atoms with Gasteiger partial charge in [0.25, 0.3) is 5.56 Å². The second kappa shape index (κ2) is 5.65. The number of aryl methyl sites for hydroxylation is 2. The van der Waals surface area contributed by atoms with Gasteiger partial charge in [0.1, 0.15) is 5.69 Å². The van der Waals surface area contributed by atoms with Gasteiger partial charge in [-0.05, 0) is 37.1 Å². The molecule has 0 bridgehead atoms. The predicted octanol–water partition coefficient (Wildman–Crippen LogP) is 3.02. The lowest BCUT2D eigenvalue weighted by atomic mass is 9.96. The van der Waals surface area contributed by atoms with Gasteiger partial charge in [-0.15, -0.1) is 0 Å². The summed E-state index contributed by atoms with van der Waals surface area (Å²) in [6, 6.07) is 5.17. The van der Waals surface area contributed by atoms with Crippen molar-refractivity contribution in [2.45, 2.75) is 13.8 Å². The topological polar surface area (TPSA) is 122 Å². The van der Waals surface area contributed by atoms with Gasteiger partial charge in [0, 0.05) is 23.0 Å². The van der Waals surface area contributed by atoms with Crippen LogP contribution in [0.25, 0.3) is 22.2 Å². The van der Waals surface area contributed by atoms with Crippen LogP contribution in [-0.4, -0.2) is 16.2 Å². The van der Waals surface area contributed by atoms with E-state index >= 15 is 0 Å². The number of anilines is 2. The third-order valence-corrected chi connectivity index (χ3v) is 4.44. The Morgan fingerprint density at radius 3 is 2.62 bits per heavy atom. The Morgan fingerprint density at radius 2 is 1.96 bits per heavy atom. The Morgan fingerprint density at radius 1 is 1.25 bits per heavy atom. The summed E-state index contributed by atoms with van der Waals surface area (Å²) in [5.41, 5.74) is 16.3. The number of fused-ring (bicyclic) bond motifs is 1. The highest BCUT2D eigenvalue weighted by Crippen LogP contribution is 2.36. The lowest BCUT2D eigenvalue weighted by Gasteiger charge is -2.15. The SMILES string of the molecule is Cc1cc2[nH]c(=O)c(N)c(-c3ccc(Cl)c(N)c3C=N)c2nc1C. The number of benzene rings is 1. The van der Waals surface area contributed by atoms with Crippen molar-refractivity contribution in [3.8, 4) is 11.1 Å². The molecule has 0 aliphatic carbocycles. The first-order chi connectivity index (χ1) is 11.3. The van der Waals surface area contributed by atoms with E-state index in [1.807, 2.05) is 19.9 Å². The first kappa shape index (κ1) is 16.0. The van der Waals surface area contributed by atoms with Crippen molar-refractivity contribution in [2.75, 3.05) is 11.5 Å². The molecular formula is C17H16ClN5O. The van der Waals surface area contributed by atoms with E-state index in [2.05, 4.69) is 9.97 Å². The van der Waals surface area contributed by atoms with E-state index in [1.165, 1.54) is 0 Å². The number of halogens is 1. The molecule has 2 heterocycles. The van der Waals surface area contributed by atoms with Gasteiger partial charge >= 0.3 is 0 Å². The molecule has 0 atom stereocenters. The van der Waals surface area contributed by atoms with Gasteiger partial charge in [-0.25, -0.2) is 0 Å². The smallest absolute Gasteiger partial charge is 0.272 e. The highest BCUT2D eigenvalue weighted by Gasteiger charge is 2.18. The first-order valence-electron chi connectivity index (χ1n) is 7.23. The second-order valence-electron chi connectivity index (χ2n) is 5.60. The average Bonchev–Trinajstić information content (AvgIpc) is 2.54. The van der Waals surface area contributed by atoms with Crippen molar-refractivity contribution in [2.24, 2.45) is 0 Å². The molecular weight excluding hydrogens is 326 g/mol. The van der Waals surface area contributed by atoms with Crippen molar-refractivity contribution in [3.63, 3.8) is 0 Å². The van der Waals surface area contributed by atoms with Gasteiger partial charge in [0.15, 0.2) is 0 Å². The summed E-state index contributed by atoms with van der Waals surface area (Å²) in [6.45, 7) is 3.80. The van der Waals surface area contributed by atoms with Gasteiger partial charge in [0.2, 0.25) is 0 Å². The third kappa shape index (κ3) is 2.32. The van der Waals surface area contributed by atoms with E-state index in [0.29, 0.717) is 32.7 Å². The largest absolute Gasteiger partial charge is 0.397 e. The summed E-state index contributed by atoms with van der Waals surface area (Å²) in [7, 11) is 0. The summed E-state index contributed by atoms with van der Waals surface area (Å²) in [5, 5.41) is 8.01. The monoisotopic (exact) mass is 341 g/mol. The maximum atomic E-state index is 12.3. The van der Waals surface area contributed by atoms with Crippen LogP contribution in [0.3, 0.4) is 0 Å². The second-order valence-corrected chi connectivity index (χ2v) is 6.00. The number of nitrogens with two attached hydrogens (primary N) is 2. The highest BCUT2D eigenvalue weighted by molar-refractivity contribution is 6.34. The number of nitrogens with one attached hydrogen (secondary N) is 2. The van der Waals surface area contributed by atoms with Gasteiger partial charge in [-0.2, -0.15) is 0 Å². The summed E-state index contributed by atoms with van der Waals surface area (Å²) in [4.78, 5) is 19.6. The number of aromatic nitrogens is 2. The van der Waals surface area contributed by atoms with Gasteiger partial charge in [-0.3, -0.25) is 9.78 Å². The molecule has 0 spiro atoms. The predicted molar refractivity (Wildman–Crippen MR) is 99.0 cm³/mol. The van der Waals surface area contributed by atoms with E-state index in [-0.39, 0.29) is 11.4 Å². The summed E-state index contributed by atoms with van der Waals surface area (Å²) in [6.07, 6.45) is 1.10. The van der Waals surface area contributed by atoms with E-state index in [4.69, 9.17) is 28.5 Å². The molecule has 3 rings (SSSR count). The minimum atomic E-state index is -0.410. The number of nitrogens with zero attached hydrogens (tertiary/aromatic N) is 1. The summed E-state index contributed by atoms with van der Waals surface area (Å²) in [5.74, 6) is 0. The highest BCUT2D eigenvalue weighted by atomic mass is 35.5. The van der Waals surface area contributed by atoms with Crippen LogP contribution in [0, 0.1) is 19.3 Å². The Labute approximate surface area is 143 Å². The number of aromatic amines is 1. The molecule has 0 aliphatic heterocycles. The lowest BCUT2D eigenvalue weighted by Crippen LogP contribution is -2.15. The van der Waals surface area contributed by atoms with Crippen molar-refractivity contribution < 1.29 is 0 Å². The third-order valence-electron chi connectivity index (χ3n) is 4.11. The summed E-state index contributed by atoms with van der Waals surface area (Å²) < 4.78 is 0. The Hall–Kier alpha value is -2.86. The molecule has 6 nitrogen and oxygen atoms in total. The number of H-pyrrole nitrogens is 1. The molecule has 0 saturated heterocycles. The molecule has 122 valence electrons.